The molecule has 0 aliphatic carbocycles. The smallest absolute Gasteiger partial charge is 0.332 e. The van der Waals surface area contributed by atoms with Gasteiger partial charge in [-0.25, -0.2) is 18.1 Å². The lowest BCUT2D eigenvalue weighted by Crippen LogP contribution is -2.43. The van der Waals surface area contributed by atoms with E-state index in [1.165, 1.54) is 4.90 Å². The molecule has 0 saturated carbocycles. The van der Waals surface area contributed by atoms with Gasteiger partial charge in [-0.2, -0.15) is 13.2 Å². The lowest BCUT2D eigenvalue weighted by Gasteiger charge is -2.26. The maximum atomic E-state index is 12.9. The molecule has 0 spiro atoms. The molecule has 1 heterocycles. The number of H-pyrrole nitrogens is 1. The van der Waals surface area contributed by atoms with E-state index in [0.717, 1.165) is 18.2 Å². The van der Waals surface area contributed by atoms with Gasteiger partial charge < -0.3 is 9.88 Å². The van der Waals surface area contributed by atoms with Gasteiger partial charge in [0.2, 0.25) is 15.9 Å². The van der Waals surface area contributed by atoms with Crippen LogP contribution in [0, 0.1) is 0 Å². The van der Waals surface area contributed by atoms with Gasteiger partial charge in [-0.15, -0.1) is 0 Å². The molecule has 8 nitrogen and oxygen atoms in total. The summed E-state index contributed by atoms with van der Waals surface area (Å²) in [7, 11) is -4.38. The average Bonchev–Trinajstić information content (AvgIpc) is 2.75. The van der Waals surface area contributed by atoms with Gasteiger partial charge in [-0.1, -0.05) is 18.2 Å². The van der Waals surface area contributed by atoms with Gasteiger partial charge in [0.25, 0.3) is 5.56 Å². The highest BCUT2D eigenvalue weighted by Gasteiger charge is 2.32. The van der Waals surface area contributed by atoms with Crippen molar-refractivity contribution >= 4 is 26.8 Å². The number of amides is 1. The Morgan fingerprint density at radius 1 is 1.15 bits per heavy atom. The second-order valence-corrected chi connectivity index (χ2v) is 9.26. The third-order valence-corrected chi connectivity index (χ3v) is 6.21. The molecule has 0 atom stereocenters. The Labute approximate surface area is 187 Å². The second-order valence-electron chi connectivity index (χ2n) is 7.50. The van der Waals surface area contributed by atoms with Crippen LogP contribution in [0.1, 0.15) is 25.2 Å². The highest BCUT2D eigenvalue weighted by molar-refractivity contribution is 7.89. The fraction of sp³-hybridized carbons (Fsp3) is 0.286. The van der Waals surface area contributed by atoms with Gasteiger partial charge >= 0.3 is 6.18 Å². The van der Waals surface area contributed by atoms with Crippen LogP contribution in [0.5, 0.6) is 0 Å². The number of para-hydroxylation sites is 1. The SMILES string of the molecule is CC(C)N(Cc1nc2ccccc2c(=O)[nH]1)C(=O)CNS(=O)(=O)c1cccc(C(F)(F)F)c1. The number of aromatic amines is 1. The number of rotatable bonds is 7. The van der Waals surface area contributed by atoms with E-state index in [-0.39, 0.29) is 24.0 Å². The number of alkyl halides is 3. The lowest BCUT2D eigenvalue weighted by molar-refractivity contribution is -0.137. The number of aromatic nitrogens is 2. The molecule has 12 heteroatoms. The van der Waals surface area contributed by atoms with Crippen LogP contribution >= 0.6 is 0 Å². The summed E-state index contributed by atoms with van der Waals surface area (Å²) in [5.74, 6) is -0.433. The Kier molecular flexibility index (Phi) is 6.89. The first kappa shape index (κ1) is 24.4. The molecule has 0 unspecified atom stereocenters. The Bertz CT molecular complexity index is 1340. The molecule has 0 aliphatic rings. The predicted molar refractivity (Wildman–Crippen MR) is 115 cm³/mol. The zero-order valence-electron chi connectivity index (χ0n) is 17.7. The normalized spacial score (nSPS) is 12.3. The van der Waals surface area contributed by atoms with E-state index in [9.17, 15) is 31.2 Å². The molecule has 0 aliphatic heterocycles. The maximum absolute atomic E-state index is 12.9. The standard InChI is InChI=1S/C21H21F3N4O4S/c1-13(2)28(12-18-26-17-9-4-3-8-16(17)20(30)27-18)19(29)11-25-33(31,32)15-7-5-6-14(10-15)21(22,23)24/h3-10,13,25H,11-12H2,1-2H3,(H,26,27,30). The summed E-state index contributed by atoms with van der Waals surface area (Å²) < 4.78 is 65.6. The molecule has 176 valence electrons. The molecule has 2 aromatic carbocycles. The Balaban J connectivity index is 1.77. The van der Waals surface area contributed by atoms with Gasteiger partial charge in [0, 0.05) is 6.04 Å². The number of nitrogens with zero attached hydrogens (tertiary/aromatic N) is 2. The summed E-state index contributed by atoms with van der Waals surface area (Å²) in [6, 6.07) is 9.52. The quantitative estimate of drug-likeness (QED) is 0.538. The van der Waals surface area contributed by atoms with Crippen molar-refractivity contribution in [3.8, 4) is 0 Å². The maximum Gasteiger partial charge on any atom is 0.416 e. The average molecular weight is 482 g/mol. The minimum Gasteiger partial charge on any atom is -0.332 e. The van der Waals surface area contributed by atoms with Crippen molar-refractivity contribution in [2.45, 2.75) is 37.5 Å². The number of carbonyl (C=O) groups is 1. The Morgan fingerprint density at radius 3 is 2.52 bits per heavy atom. The third-order valence-electron chi connectivity index (χ3n) is 4.81. The minimum atomic E-state index is -4.71. The predicted octanol–water partition coefficient (Wildman–Crippen LogP) is 2.66. The topological polar surface area (TPSA) is 112 Å². The van der Waals surface area contributed by atoms with Crippen LogP contribution in [0.4, 0.5) is 13.2 Å². The van der Waals surface area contributed by atoms with Gasteiger partial charge in [0.15, 0.2) is 0 Å². The van der Waals surface area contributed by atoms with Gasteiger partial charge in [0.05, 0.1) is 34.5 Å². The molecule has 3 rings (SSSR count). The highest BCUT2D eigenvalue weighted by Crippen LogP contribution is 2.30. The van der Waals surface area contributed by atoms with E-state index < -0.39 is 39.1 Å². The number of halogens is 3. The van der Waals surface area contributed by atoms with Crippen LogP contribution in [0.15, 0.2) is 58.2 Å². The summed E-state index contributed by atoms with van der Waals surface area (Å²) in [6.45, 7) is 2.60. The molecular weight excluding hydrogens is 461 g/mol. The van der Waals surface area contributed by atoms with E-state index in [4.69, 9.17) is 0 Å². The Morgan fingerprint density at radius 2 is 1.85 bits per heavy atom. The fourth-order valence-electron chi connectivity index (χ4n) is 3.11. The van der Waals surface area contributed by atoms with E-state index >= 15 is 0 Å². The molecule has 33 heavy (non-hydrogen) atoms. The summed E-state index contributed by atoms with van der Waals surface area (Å²) >= 11 is 0. The van der Waals surface area contributed by atoms with E-state index in [2.05, 4.69) is 9.97 Å². The van der Waals surface area contributed by atoms with Gasteiger partial charge in [0.1, 0.15) is 5.82 Å². The van der Waals surface area contributed by atoms with Crippen LogP contribution in [-0.4, -0.2) is 41.8 Å². The van der Waals surface area contributed by atoms with Gasteiger partial charge in [-0.3, -0.25) is 9.59 Å². The highest BCUT2D eigenvalue weighted by atomic mass is 32.2. The first-order chi connectivity index (χ1) is 15.4. The lowest BCUT2D eigenvalue weighted by atomic mass is 10.2. The number of nitrogens with one attached hydrogen (secondary N) is 2. The number of hydrogen-bond acceptors (Lipinski definition) is 5. The Hall–Kier alpha value is -3.25. The molecule has 3 aromatic rings. The number of benzene rings is 2. The van der Waals surface area contributed by atoms with Crippen LogP contribution in [0.2, 0.25) is 0 Å². The molecule has 1 aromatic heterocycles. The monoisotopic (exact) mass is 482 g/mol. The molecule has 0 fully saturated rings. The van der Waals surface area contributed by atoms with Gasteiger partial charge in [-0.05, 0) is 44.2 Å². The van der Waals surface area contributed by atoms with Crippen molar-refractivity contribution < 1.29 is 26.4 Å². The van der Waals surface area contributed by atoms with E-state index in [1.807, 2.05) is 4.72 Å². The molecule has 2 N–H and O–H groups in total. The second kappa shape index (κ2) is 9.32. The van der Waals surface area contributed by atoms with Crippen molar-refractivity contribution in [3.63, 3.8) is 0 Å². The van der Waals surface area contributed by atoms with Crippen LogP contribution < -0.4 is 10.3 Å². The molecule has 0 radical (unpaired) electrons. The fourth-order valence-corrected chi connectivity index (χ4v) is 4.13. The zero-order chi connectivity index (χ0) is 24.4. The van der Waals surface area contributed by atoms with Crippen molar-refractivity contribution in [2.24, 2.45) is 0 Å². The third kappa shape index (κ3) is 5.76. The van der Waals surface area contributed by atoms with E-state index in [0.29, 0.717) is 17.0 Å². The first-order valence-electron chi connectivity index (χ1n) is 9.83. The summed E-state index contributed by atoms with van der Waals surface area (Å²) in [6.07, 6.45) is -4.71. The summed E-state index contributed by atoms with van der Waals surface area (Å²) in [4.78, 5) is 32.6. The molecule has 0 saturated heterocycles. The number of hydrogen-bond donors (Lipinski definition) is 2. The van der Waals surface area contributed by atoms with Crippen molar-refractivity contribution in [1.82, 2.24) is 19.6 Å². The number of fused-ring (bicyclic) bond motifs is 1. The van der Waals surface area contributed by atoms with Crippen molar-refractivity contribution in [2.75, 3.05) is 6.54 Å². The molecular formula is C21H21F3N4O4S. The van der Waals surface area contributed by atoms with Crippen LogP contribution in [-0.2, 0) is 27.5 Å². The first-order valence-corrected chi connectivity index (χ1v) is 11.3. The molecule has 1 amide bonds. The van der Waals surface area contributed by atoms with E-state index in [1.54, 1.807) is 38.1 Å². The summed E-state index contributed by atoms with van der Waals surface area (Å²) in [5.41, 5.74) is -1.05. The number of sulfonamides is 1. The summed E-state index contributed by atoms with van der Waals surface area (Å²) in [5, 5.41) is 0.387. The number of carbonyl (C=O) groups excluding carboxylic acids is 1. The minimum absolute atomic E-state index is 0.0954. The van der Waals surface area contributed by atoms with Crippen LogP contribution in [0.25, 0.3) is 10.9 Å². The molecule has 0 bridgehead atoms. The zero-order valence-corrected chi connectivity index (χ0v) is 18.5. The largest absolute Gasteiger partial charge is 0.416 e. The van der Waals surface area contributed by atoms with Crippen LogP contribution in [0.3, 0.4) is 0 Å². The van der Waals surface area contributed by atoms with Crippen molar-refractivity contribution in [1.29, 1.82) is 0 Å². The van der Waals surface area contributed by atoms with Crippen molar-refractivity contribution in [3.05, 3.63) is 70.3 Å².